The van der Waals surface area contributed by atoms with Gasteiger partial charge in [0.25, 0.3) is 0 Å². The van der Waals surface area contributed by atoms with Gasteiger partial charge < -0.3 is 14.8 Å². The van der Waals surface area contributed by atoms with E-state index in [-0.39, 0.29) is 12.1 Å². The third-order valence-corrected chi connectivity index (χ3v) is 3.93. The maximum atomic E-state index is 5.88. The van der Waals surface area contributed by atoms with Gasteiger partial charge in [0.2, 0.25) is 11.5 Å². The van der Waals surface area contributed by atoms with Gasteiger partial charge in [-0.3, -0.25) is 4.40 Å². The van der Waals surface area contributed by atoms with Crippen molar-refractivity contribution in [2.75, 3.05) is 19.0 Å². The first-order valence-electron chi connectivity index (χ1n) is 7.37. The van der Waals surface area contributed by atoms with E-state index in [4.69, 9.17) is 9.47 Å². The third kappa shape index (κ3) is 2.57. The lowest BCUT2D eigenvalue weighted by Gasteiger charge is -2.20. The van der Waals surface area contributed by atoms with Crippen molar-refractivity contribution < 1.29 is 9.47 Å². The van der Waals surface area contributed by atoms with Crippen LogP contribution < -0.4 is 10.1 Å². The average molecular weight is 312 g/mol. The molecule has 1 aliphatic rings. The predicted molar refractivity (Wildman–Crippen MR) is 82.3 cm³/mol. The first kappa shape index (κ1) is 13.9. The largest absolute Gasteiger partial charge is 0.481 e. The molecule has 3 aromatic rings. The Morgan fingerprint density at radius 3 is 3.13 bits per heavy atom. The Balaban J connectivity index is 1.59. The molecule has 2 atom stereocenters. The molecule has 8 nitrogen and oxygen atoms in total. The minimum atomic E-state index is -0.0848. The van der Waals surface area contributed by atoms with E-state index in [0.717, 1.165) is 12.0 Å². The number of hydrogen-bond acceptors (Lipinski definition) is 7. The number of pyridine rings is 1. The van der Waals surface area contributed by atoms with Crippen LogP contribution in [0.5, 0.6) is 5.88 Å². The number of rotatable bonds is 4. The molecule has 0 saturated carbocycles. The molecule has 0 radical (unpaired) electrons. The number of nitrogens with zero attached hydrogens (tertiary/aromatic N) is 5. The van der Waals surface area contributed by atoms with Crippen LogP contribution >= 0.6 is 0 Å². The van der Waals surface area contributed by atoms with Crippen LogP contribution in [0.1, 0.15) is 18.1 Å². The molecule has 4 rings (SSSR count). The summed E-state index contributed by atoms with van der Waals surface area (Å²) in [6, 6.07) is 3.91. The normalized spacial score (nSPS) is 20.7. The Kier molecular flexibility index (Phi) is 3.51. The van der Waals surface area contributed by atoms with Crippen LogP contribution in [0.25, 0.3) is 5.65 Å². The van der Waals surface area contributed by atoms with E-state index in [1.54, 1.807) is 25.8 Å². The van der Waals surface area contributed by atoms with Crippen molar-refractivity contribution in [1.82, 2.24) is 24.6 Å². The second-order valence-electron chi connectivity index (χ2n) is 5.30. The molecule has 0 aliphatic carbocycles. The summed E-state index contributed by atoms with van der Waals surface area (Å²) in [6.45, 7) is 0.685. The molecule has 0 aromatic carbocycles. The maximum absolute atomic E-state index is 5.88. The third-order valence-electron chi connectivity index (χ3n) is 3.93. The highest BCUT2D eigenvalue weighted by atomic mass is 16.5. The number of methoxy groups -OCH3 is 1. The summed E-state index contributed by atoms with van der Waals surface area (Å²) in [5.41, 5.74) is 1.71. The van der Waals surface area contributed by atoms with Gasteiger partial charge in [0.15, 0.2) is 5.82 Å². The van der Waals surface area contributed by atoms with E-state index in [2.05, 4.69) is 25.5 Å². The van der Waals surface area contributed by atoms with Gasteiger partial charge in [0, 0.05) is 36.8 Å². The highest BCUT2D eigenvalue weighted by Gasteiger charge is 2.30. The first-order chi connectivity index (χ1) is 11.3. The molecular formula is C15H16N6O2. The molecule has 8 heteroatoms. The van der Waals surface area contributed by atoms with Gasteiger partial charge in [-0.2, -0.15) is 0 Å². The fourth-order valence-electron chi connectivity index (χ4n) is 2.78. The fraction of sp³-hybridized carbons (Fsp3) is 0.333. The molecular weight excluding hydrogens is 296 g/mol. The zero-order valence-electron chi connectivity index (χ0n) is 12.6. The zero-order valence-corrected chi connectivity index (χ0v) is 12.6. The SMILES string of the molecule is COc1ccc([C@H]2OCC[C@@H]2Nc2nccn3cnnc23)cn1. The average Bonchev–Trinajstić information content (AvgIpc) is 3.24. The number of fused-ring (bicyclic) bond motifs is 1. The lowest BCUT2D eigenvalue weighted by molar-refractivity contribution is 0.107. The van der Waals surface area contributed by atoms with E-state index in [1.165, 1.54) is 0 Å². The molecule has 118 valence electrons. The highest BCUT2D eigenvalue weighted by molar-refractivity contribution is 5.62. The molecule has 1 saturated heterocycles. The van der Waals surface area contributed by atoms with E-state index >= 15 is 0 Å². The summed E-state index contributed by atoms with van der Waals surface area (Å²) in [6.07, 6.45) is 7.77. The molecule has 0 bridgehead atoms. The van der Waals surface area contributed by atoms with Gasteiger partial charge in [-0.15, -0.1) is 10.2 Å². The van der Waals surface area contributed by atoms with Crippen molar-refractivity contribution in [1.29, 1.82) is 0 Å². The number of hydrogen-bond donors (Lipinski definition) is 1. The van der Waals surface area contributed by atoms with Crippen LogP contribution in [0.15, 0.2) is 37.1 Å². The summed E-state index contributed by atoms with van der Waals surface area (Å²) >= 11 is 0. The number of ether oxygens (including phenoxy) is 2. The molecule has 1 fully saturated rings. The molecule has 23 heavy (non-hydrogen) atoms. The fourth-order valence-corrected chi connectivity index (χ4v) is 2.78. The van der Waals surface area contributed by atoms with Crippen molar-refractivity contribution >= 4 is 11.5 Å². The Labute approximate surface area is 132 Å². The van der Waals surface area contributed by atoms with Crippen molar-refractivity contribution in [2.45, 2.75) is 18.6 Å². The quantitative estimate of drug-likeness (QED) is 0.780. The number of anilines is 1. The van der Waals surface area contributed by atoms with E-state index in [1.807, 2.05) is 22.7 Å². The lowest BCUT2D eigenvalue weighted by Crippen LogP contribution is -2.24. The van der Waals surface area contributed by atoms with Gasteiger partial charge in [-0.1, -0.05) is 0 Å². The van der Waals surface area contributed by atoms with Crippen molar-refractivity contribution in [3.63, 3.8) is 0 Å². The summed E-state index contributed by atoms with van der Waals surface area (Å²) in [7, 11) is 1.60. The van der Waals surface area contributed by atoms with Gasteiger partial charge in [-0.25, -0.2) is 9.97 Å². The zero-order chi connectivity index (χ0) is 15.6. The molecule has 4 heterocycles. The summed E-state index contributed by atoms with van der Waals surface area (Å²) < 4.78 is 12.8. The van der Waals surface area contributed by atoms with Crippen LogP contribution in [-0.4, -0.2) is 44.3 Å². The second kappa shape index (κ2) is 5.81. The highest BCUT2D eigenvalue weighted by Crippen LogP contribution is 2.31. The second-order valence-corrected chi connectivity index (χ2v) is 5.30. The first-order valence-corrected chi connectivity index (χ1v) is 7.37. The Bertz CT molecular complexity index is 803. The van der Waals surface area contributed by atoms with Crippen LogP contribution in [0.4, 0.5) is 5.82 Å². The van der Waals surface area contributed by atoms with Crippen molar-refractivity contribution in [2.24, 2.45) is 0 Å². The van der Waals surface area contributed by atoms with E-state index in [0.29, 0.717) is 24.0 Å². The summed E-state index contributed by atoms with van der Waals surface area (Å²) in [5, 5.41) is 11.4. The van der Waals surface area contributed by atoms with E-state index in [9.17, 15) is 0 Å². The smallest absolute Gasteiger partial charge is 0.212 e. The Hall–Kier alpha value is -2.74. The minimum Gasteiger partial charge on any atom is -0.481 e. The topological polar surface area (TPSA) is 86.5 Å². The van der Waals surface area contributed by atoms with Gasteiger partial charge >= 0.3 is 0 Å². The Morgan fingerprint density at radius 2 is 2.30 bits per heavy atom. The number of nitrogens with one attached hydrogen (secondary N) is 1. The van der Waals surface area contributed by atoms with Gasteiger partial charge in [-0.05, 0) is 12.5 Å². The Morgan fingerprint density at radius 1 is 1.35 bits per heavy atom. The van der Waals surface area contributed by atoms with E-state index < -0.39 is 0 Å². The van der Waals surface area contributed by atoms with Crippen molar-refractivity contribution in [3.8, 4) is 5.88 Å². The monoisotopic (exact) mass is 312 g/mol. The van der Waals surface area contributed by atoms with Gasteiger partial charge in [0.05, 0.1) is 13.2 Å². The van der Waals surface area contributed by atoms with Crippen LogP contribution in [0.3, 0.4) is 0 Å². The molecule has 0 unspecified atom stereocenters. The molecule has 3 aromatic heterocycles. The summed E-state index contributed by atoms with van der Waals surface area (Å²) in [4.78, 5) is 8.63. The molecule has 0 spiro atoms. The number of aromatic nitrogens is 5. The van der Waals surface area contributed by atoms with Crippen LogP contribution in [-0.2, 0) is 4.74 Å². The van der Waals surface area contributed by atoms with Crippen LogP contribution in [0.2, 0.25) is 0 Å². The molecule has 1 aliphatic heterocycles. The lowest BCUT2D eigenvalue weighted by atomic mass is 10.0. The maximum Gasteiger partial charge on any atom is 0.212 e. The van der Waals surface area contributed by atoms with Gasteiger partial charge in [0.1, 0.15) is 12.4 Å². The van der Waals surface area contributed by atoms with Crippen molar-refractivity contribution in [3.05, 3.63) is 42.6 Å². The minimum absolute atomic E-state index is 0.0848. The summed E-state index contributed by atoms with van der Waals surface area (Å²) in [5.74, 6) is 1.29. The molecule has 0 amide bonds. The molecule has 1 N–H and O–H groups in total. The predicted octanol–water partition coefficient (Wildman–Crippen LogP) is 1.47. The van der Waals surface area contributed by atoms with Crippen LogP contribution in [0, 0.1) is 0 Å². The standard InChI is InChI=1S/C15H16N6O2/c1-22-12-3-2-10(8-17-12)13-11(4-7-23-13)19-14-15-20-18-9-21(15)6-5-16-14/h2-3,5-6,8-9,11,13H,4,7H2,1H3,(H,16,19)/t11-,13+/m0/s1.